The summed E-state index contributed by atoms with van der Waals surface area (Å²) in [6, 6.07) is 11.9. The van der Waals surface area contributed by atoms with Gasteiger partial charge in [0, 0.05) is 16.9 Å². The van der Waals surface area contributed by atoms with E-state index in [2.05, 4.69) is 6.58 Å². The molecule has 2 heteroatoms. The Morgan fingerprint density at radius 1 is 1.25 bits per heavy atom. The van der Waals surface area contributed by atoms with Crippen molar-refractivity contribution in [3.05, 3.63) is 64.4 Å². The Kier molecular flexibility index (Phi) is 3.32. The SMILES string of the molecule is C=C(Cc1sccc1C=O)c1ccccc1. The second kappa shape index (κ2) is 4.90. The minimum absolute atomic E-state index is 0.746. The van der Waals surface area contributed by atoms with E-state index in [1.165, 1.54) is 0 Å². The molecule has 2 rings (SSSR count). The van der Waals surface area contributed by atoms with Crippen molar-refractivity contribution in [2.24, 2.45) is 0 Å². The maximum absolute atomic E-state index is 10.8. The molecule has 0 aliphatic rings. The average molecular weight is 228 g/mol. The predicted octanol–water partition coefficient (Wildman–Crippen LogP) is 3.82. The predicted molar refractivity (Wildman–Crippen MR) is 68.9 cm³/mol. The fraction of sp³-hybridized carbons (Fsp3) is 0.0714. The smallest absolute Gasteiger partial charge is 0.151 e. The molecule has 0 saturated carbocycles. The Bertz CT molecular complexity index is 496. The Labute approximate surface area is 99.1 Å². The molecule has 1 aromatic carbocycles. The summed E-state index contributed by atoms with van der Waals surface area (Å²) in [5, 5.41) is 1.94. The fourth-order valence-electron chi connectivity index (χ4n) is 1.57. The Morgan fingerprint density at radius 3 is 2.69 bits per heavy atom. The van der Waals surface area contributed by atoms with Crippen LogP contribution in [0, 0.1) is 0 Å². The Hall–Kier alpha value is -1.67. The number of hydrogen-bond acceptors (Lipinski definition) is 2. The van der Waals surface area contributed by atoms with E-state index in [1.807, 2.05) is 41.8 Å². The maximum Gasteiger partial charge on any atom is 0.151 e. The van der Waals surface area contributed by atoms with Crippen molar-refractivity contribution in [3.63, 3.8) is 0 Å². The lowest BCUT2D eigenvalue weighted by Gasteiger charge is -2.04. The van der Waals surface area contributed by atoms with Gasteiger partial charge in [-0.1, -0.05) is 36.9 Å². The molecule has 16 heavy (non-hydrogen) atoms. The van der Waals surface area contributed by atoms with Crippen LogP contribution in [0.2, 0.25) is 0 Å². The first-order valence-corrected chi connectivity index (χ1v) is 5.94. The van der Waals surface area contributed by atoms with Gasteiger partial charge in [0.1, 0.15) is 0 Å². The van der Waals surface area contributed by atoms with Crippen molar-refractivity contribution in [1.29, 1.82) is 0 Å². The monoisotopic (exact) mass is 228 g/mol. The van der Waals surface area contributed by atoms with Crippen molar-refractivity contribution in [3.8, 4) is 0 Å². The van der Waals surface area contributed by atoms with Crippen LogP contribution < -0.4 is 0 Å². The molecule has 0 aliphatic carbocycles. The molecule has 1 nitrogen and oxygen atoms in total. The fourth-order valence-corrected chi connectivity index (χ4v) is 2.46. The summed E-state index contributed by atoms with van der Waals surface area (Å²) in [7, 11) is 0. The van der Waals surface area contributed by atoms with E-state index < -0.39 is 0 Å². The zero-order valence-corrected chi connectivity index (χ0v) is 9.67. The molecule has 2 aromatic rings. The minimum atomic E-state index is 0.746. The number of rotatable bonds is 4. The molecule has 0 amide bonds. The van der Waals surface area contributed by atoms with Crippen LogP contribution in [0.4, 0.5) is 0 Å². The van der Waals surface area contributed by atoms with Crippen LogP contribution in [0.1, 0.15) is 20.8 Å². The minimum Gasteiger partial charge on any atom is -0.298 e. The quantitative estimate of drug-likeness (QED) is 0.727. The van der Waals surface area contributed by atoms with Crippen LogP contribution in [-0.4, -0.2) is 6.29 Å². The van der Waals surface area contributed by atoms with Crippen LogP contribution in [-0.2, 0) is 6.42 Å². The third-order valence-corrected chi connectivity index (χ3v) is 3.40. The van der Waals surface area contributed by atoms with E-state index in [4.69, 9.17) is 0 Å². The highest BCUT2D eigenvalue weighted by Gasteiger charge is 2.06. The molecule has 0 spiro atoms. The number of thiophene rings is 1. The van der Waals surface area contributed by atoms with Gasteiger partial charge in [0.15, 0.2) is 6.29 Å². The molecule has 0 aliphatic heterocycles. The first-order chi connectivity index (χ1) is 7.81. The number of benzene rings is 1. The second-order valence-corrected chi connectivity index (χ2v) is 4.56. The zero-order valence-electron chi connectivity index (χ0n) is 8.85. The molecule has 1 heterocycles. The van der Waals surface area contributed by atoms with E-state index in [-0.39, 0.29) is 0 Å². The number of carbonyl (C=O) groups excluding carboxylic acids is 1. The molecule has 80 valence electrons. The third-order valence-electron chi connectivity index (χ3n) is 2.46. The zero-order chi connectivity index (χ0) is 11.4. The summed E-state index contributed by atoms with van der Waals surface area (Å²) >= 11 is 1.61. The van der Waals surface area contributed by atoms with Gasteiger partial charge in [-0.05, 0) is 22.6 Å². The Morgan fingerprint density at radius 2 is 2.00 bits per heavy atom. The number of hydrogen-bond donors (Lipinski definition) is 0. The van der Waals surface area contributed by atoms with Crippen LogP contribution in [0.15, 0.2) is 48.4 Å². The maximum atomic E-state index is 10.8. The van der Waals surface area contributed by atoms with Crippen molar-refractivity contribution in [1.82, 2.24) is 0 Å². The van der Waals surface area contributed by atoms with Gasteiger partial charge in [-0.3, -0.25) is 4.79 Å². The van der Waals surface area contributed by atoms with Crippen LogP contribution >= 0.6 is 11.3 Å². The van der Waals surface area contributed by atoms with Crippen LogP contribution in [0.3, 0.4) is 0 Å². The molecule has 0 fully saturated rings. The normalized spacial score (nSPS) is 10.0. The highest BCUT2D eigenvalue weighted by Crippen LogP contribution is 2.23. The lowest BCUT2D eigenvalue weighted by Crippen LogP contribution is -1.90. The molecule has 0 atom stereocenters. The summed E-state index contributed by atoms with van der Waals surface area (Å²) in [5.41, 5.74) is 2.96. The van der Waals surface area contributed by atoms with Crippen molar-refractivity contribution in [2.75, 3.05) is 0 Å². The summed E-state index contributed by atoms with van der Waals surface area (Å²) in [6.45, 7) is 4.07. The molecule has 0 N–H and O–H groups in total. The lowest BCUT2D eigenvalue weighted by atomic mass is 10.0. The first kappa shape index (κ1) is 10.8. The van der Waals surface area contributed by atoms with Gasteiger partial charge in [0.25, 0.3) is 0 Å². The number of carbonyl (C=O) groups is 1. The summed E-state index contributed by atoms with van der Waals surface area (Å²) < 4.78 is 0. The molecule has 0 saturated heterocycles. The summed E-state index contributed by atoms with van der Waals surface area (Å²) in [4.78, 5) is 11.9. The van der Waals surface area contributed by atoms with Gasteiger partial charge in [0.05, 0.1) is 0 Å². The number of aldehydes is 1. The Balaban J connectivity index is 2.17. The highest BCUT2D eigenvalue weighted by molar-refractivity contribution is 7.10. The molecule has 0 bridgehead atoms. The van der Waals surface area contributed by atoms with Gasteiger partial charge in [-0.25, -0.2) is 0 Å². The van der Waals surface area contributed by atoms with Gasteiger partial charge < -0.3 is 0 Å². The van der Waals surface area contributed by atoms with Gasteiger partial charge in [0.2, 0.25) is 0 Å². The van der Waals surface area contributed by atoms with E-state index in [0.29, 0.717) is 0 Å². The van der Waals surface area contributed by atoms with E-state index >= 15 is 0 Å². The molecular formula is C14H12OS. The lowest BCUT2D eigenvalue weighted by molar-refractivity contribution is 0.112. The van der Waals surface area contributed by atoms with E-state index in [0.717, 1.165) is 34.3 Å². The van der Waals surface area contributed by atoms with E-state index in [9.17, 15) is 4.79 Å². The molecular weight excluding hydrogens is 216 g/mol. The molecule has 1 aromatic heterocycles. The second-order valence-electron chi connectivity index (χ2n) is 3.56. The first-order valence-electron chi connectivity index (χ1n) is 5.06. The largest absolute Gasteiger partial charge is 0.298 e. The standard InChI is InChI=1S/C14H12OS/c1-11(12-5-3-2-4-6-12)9-14-13(10-15)7-8-16-14/h2-8,10H,1,9H2. The number of allylic oxidation sites excluding steroid dienone is 1. The average Bonchev–Trinajstić information content (AvgIpc) is 2.77. The van der Waals surface area contributed by atoms with Gasteiger partial charge >= 0.3 is 0 Å². The van der Waals surface area contributed by atoms with Crippen LogP contribution in [0.25, 0.3) is 5.57 Å². The summed E-state index contributed by atoms with van der Waals surface area (Å²) in [5.74, 6) is 0. The third kappa shape index (κ3) is 2.28. The van der Waals surface area contributed by atoms with Crippen molar-refractivity contribution in [2.45, 2.75) is 6.42 Å². The van der Waals surface area contributed by atoms with Crippen molar-refractivity contribution >= 4 is 23.2 Å². The molecule has 0 unspecified atom stereocenters. The van der Waals surface area contributed by atoms with Gasteiger partial charge in [-0.15, -0.1) is 11.3 Å². The van der Waals surface area contributed by atoms with Crippen molar-refractivity contribution < 1.29 is 4.79 Å². The van der Waals surface area contributed by atoms with E-state index in [1.54, 1.807) is 11.3 Å². The van der Waals surface area contributed by atoms with Crippen LogP contribution in [0.5, 0.6) is 0 Å². The topological polar surface area (TPSA) is 17.1 Å². The van der Waals surface area contributed by atoms with Gasteiger partial charge in [-0.2, -0.15) is 0 Å². The highest BCUT2D eigenvalue weighted by atomic mass is 32.1. The summed E-state index contributed by atoms with van der Waals surface area (Å²) in [6.07, 6.45) is 1.65. The molecule has 0 radical (unpaired) electrons.